The van der Waals surface area contributed by atoms with Gasteiger partial charge in [0.25, 0.3) is 0 Å². The van der Waals surface area contributed by atoms with Crippen LogP contribution in [0.2, 0.25) is 0 Å². The molecular formula is C15H20N2OS. The molecule has 102 valence electrons. The fourth-order valence-corrected chi connectivity index (χ4v) is 3.36. The molecule has 0 radical (unpaired) electrons. The summed E-state index contributed by atoms with van der Waals surface area (Å²) >= 11 is 2.01. The summed E-state index contributed by atoms with van der Waals surface area (Å²) in [5.41, 5.74) is 1.73. The van der Waals surface area contributed by atoms with E-state index < -0.39 is 0 Å². The second-order valence-electron chi connectivity index (χ2n) is 5.34. The molecule has 0 saturated carbocycles. The van der Waals surface area contributed by atoms with Crippen molar-refractivity contribution in [2.24, 2.45) is 0 Å². The highest BCUT2D eigenvalue weighted by Crippen LogP contribution is 2.34. The quantitative estimate of drug-likeness (QED) is 0.830. The maximum Gasteiger partial charge on any atom is 0.121 e. The van der Waals surface area contributed by atoms with Crippen LogP contribution in [-0.4, -0.2) is 30.7 Å². The van der Waals surface area contributed by atoms with E-state index in [0.29, 0.717) is 4.75 Å². The molecule has 2 rings (SSSR count). The molecule has 1 aliphatic rings. The lowest BCUT2D eigenvalue weighted by Crippen LogP contribution is -2.27. The molecule has 1 aliphatic heterocycles. The van der Waals surface area contributed by atoms with E-state index in [0.717, 1.165) is 42.3 Å². The number of anilines is 1. The summed E-state index contributed by atoms with van der Waals surface area (Å²) in [5, 5.41) is 9.26. The van der Waals surface area contributed by atoms with Gasteiger partial charge in [-0.2, -0.15) is 17.0 Å². The summed E-state index contributed by atoms with van der Waals surface area (Å²) < 4.78 is 5.60. The van der Waals surface area contributed by atoms with E-state index >= 15 is 0 Å². The van der Waals surface area contributed by atoms with Crippen molar-refractivity contribution in [1.82, 2.24) is 0 Å². The van der Waals surface area contributed by atoms with Crippen LogP contribution >= 0.6 is 11.8 Å². The first kappa shape index (κ1) is 14.1. The molecule has 1 fully saturated rings. The third-order valence-electron chi connectivity index (χ3n) is 3.50. The Morgan fingerprint density at radius 1 is 1.37 bits per heavy atom. The van der Waals surface area contributed by atoms with Crippen LogP contribution in [0.15, 0.2) is 18.2 Å². The number of hydrogen-bond donors (Lipinski definition) is 0. The SMILES string of the molecule is COc1ccc(C#N)c(N2CCSC(C)(C)CC2)c1. The summed E-state index contributed by atoms with van der Waals surface area (Å²) in [6.07, 6.45) is 1.12. The predicted molar refractivity (Wildman–Crippen MR) is 81.1 cm³/mol. The van der Waals surface area contributed by atoms with Gasteiger partial charge in [0, 0.05) is 29.7 Å². The van der Waals surface area contributed by atoms with Crippen molar-refractivity contribution in [2.75, 3.05) is 30.9 Å². The average molecular weight is 276 g/mol. The Balaban J connectivity index is 2.28. The second kappa shape index (κ2) is 5.75. The molecule has 0 N–H and O–H groups in total. The molecule has 3 nitrogen and oxygen atoms in total. The maximum absolute atomic E-state index is 9.26. The van der Waals surface area contributed by atoms with E-state index in [1.54, 1.807) is 7.11 Å². The van der Waals surface area contributed by atoms with Crippen LogP contribution in [0.25, 0.3) is 0 Å². The summed E-state index contributed by atoms with van der Waals surface area (Å²) in [6, 6.07) is 7.95. The van der Waals surface area contributed by atoms with Gasteiger partial charge in [-0.15, -0.1) is 0 Å². The Hall–Kier alpha value is -1.34. The average Bonchev–Trinajstić information content (AvgIpc) is 2.59. The molecule has 1 heterocycles. The number of hydrogen-bond acceptors (Lipinski definition) is 4. The molecule has 1 aromatic rings. The molecule has 1 aromatic carbocycles. The molecule has 0 bridgehead atoms. The predicted octanol–water partition coefficient (Wildman–Crippen LogP) is 3.29. The number of benzene rings is 1. The van der Waals surface area contributed by atoms with Crippen molar-refractivity contribution in [2.45, 2.75) is 25.0 Å². The van der Waals surface area contributed by atoms with Crippen LogP contribution in [-0.2, 0) is 0 Å². The van der Waals surface area contributed by atoms with Crippen LogP contribution in [0.1, 0.15) is 25.8 Å². The zero-order valence-corrected chi connectivity index (χ0v) is 12.6. The van der Waals surface area contributed by atoms with Gasteiger partial charge in [0.1, 0.15) is 11.8 Å². The summed E-state index contributed by atoms with van der Waals surface area (Å²) in [6.45, 7) is 6.55. The summed E-state index contributed by atoms with van der Waals surface area (Å²) in [7, 11) is 1.66. The van der Waals surface area contributed by atoms with Crippen molar-refractivity contribution in [3.63, 3.8) is 0 Å². The fraction of sp³-hybridized carbons (Fsp3) is 0.533. The van der Waals surface area contributed by atoms with Crippen LogP contribution in [0.3, 0.4) is 0 Å². The molecule has 0 atom stereocenters. The normalized spacial score (nSPS) is 18.5. The van der Waals surface area contributed by atoms with Gasteiger partial charge in [-0.3, -0.25) is 0 Å². The van der Waals surface area contributed by atoms with Gasteiger partial charge in [0.2, 0.25) is 0 Å². The molecule has 19 heavy (non-hydrogen) atoms. The Morgan fingerprint density at radius 3 is 2.84 bits per heavy atom. The lowest BCUT2D eigenvalue weighted by Gasteiger charge is -2.25. The van der Waals surface area contributed by atoms with Gasteiger partial charge in [0.15, 0.2) is 0 Å². The first-order chi connectivity index (χ1) is 9.05. The third kappa shape index (κ3) is 3.36. The minimum atomic E-state index is 0.320. The Kier molecular flexibility index (Phi) is 4.26. The van der Waals surface area contributed by atoms with Gasteiger partial charge < -0.3 is 9.64 Å². The standard InChI is InChI=1S/C15H20N2OS/c1-15(2)6-7-17(8-9-19-15)14-10-13(18-3)5-4-12(14)11-16/h4-5,10H,6-9H2,1-3H3. The minimum absolute atomic E-state index is 0.320. The number of ether oxygens (including phenoxy) is 1. The zero-order valence-electron chi connectivity index (χ0n) is 11.8. The number of thioether (sulfide) groups is 1. The lowest BCUT2D eigenvalue weighted by molar-refractivity contribution is 0.414. The van der Waals surface area contributed by atoms with Crippen LogP contribution in [0.5, 0.6) is 5.75 Å². The number of nitriles is 1. The van der Waals surface area contributed by atoms with E-state index in [4.69, 9.17) is 4.74 Å². The topological polar surface area (TPSA) is 36.3 Å². The third-order valence-corrected chi connectivity index (χ3v) is 4.88. The molecular weight excluding hydrogens is 256 g/mol. The van der Waals surface area contributed by atoms with E-state index in [-0.39, 0.29) is 0 Å². The second-order valence-corrected chi connectivity index (χ2v) is 7.14. The lowest BCUT2D eigenvalue weighted by atomic mass is 10.1. The molecule has 0 amide bonds. The van der Waals surface area contributed by atoms with Crippen molar-refractivity contribution in [3.8, 4) is 11.8 Å². The Labute approximate surface area is 119 Å². The van der Waals surface area contributed by atoms with E-state index in [9.17, 15) is 5.26 Å². The van der Waals surface area contributed by atoms with Crippen molar-refractivity contribution in [3.05, 3.63) is 23.8 Å². The summed E-state index contributed by atoms with van der Waals surface area (Å²) in [5.74, 6) is 1.90. The highest BCUT2D eigenvalue weighted by atomic mass is 32.2. The first-order valence-electron chi connectivity index (χ1n) is 6.53. The van der Waals surface area contributed by atoms with Gasteiger partial charge in [-0.1, -0.05) is 13.8 Å². The van der Waals surface area contributed by atoms with E-state index in [2.05, 4.69) is 24.8 Å². The van der Waals surface area contributed by atoms with Crippen molar-refractivity contribution >= 4 is 17.4 Å². The van der Waals surface area contributed by atoms with E-state index in [1.807, 2.05) is 30.0 Å². The molecule has 0 aromatic heterocycles. The zero-order chi connectivity index (χ0) is 13.9. The van der Waals surface area contributed by atoms with Crippen molar-refractivity contribution < 1.29 is 4.74 Å². The van der Waals surface area contributed by atoms with Crippen molar-refractivity contribution in [1.29, 1.82) is 5.26 Å². The number of nitrogens with zero attached hydrogens (tertiary/aromatic N) is 2. The maximum atomic E-state index is 9.26. The summed E-state index contributed by atoms with van der Waals surface area (Å²) in [4.78, 5) is 2.31. The Morgan fingerprint density at radius 2 is 2.16 bits per heavy atom. The van der Waals surface area contributed by atoms with Crippen LogP contribution in [0.4, 0.5) is 5.69 Å². The van der Waals surface area contributed by atoms with Gasteiger partial charge in [-0.25, -0.2) is 0 Å². The largest absolute Gasteiger partial charge is 0.497 e. The highest BCUT2D eigenvalue weighted by molar-refractivity contribution is 8.00. The Bertz CT molecular complexity index is 493. The molecule has 1 saturated heterocycles. The smallest absolute Gasteiger partial charge is 0.121 e. The molecule has 4 heteroatoms. The molecule has 0 unspecified atom stereocenters. The molecule has 0 aliphatic carbocycles. The van der Waals surface area contributed by atoms with Crippen LogP contribution < -0.4 is 9.64 Å². The van der Waals surface area contributed by atoms with E-state index in [1.165, 1.54) is 0 Å². The number of rotatable bonds is 2. The molecule has 0 spiro atoms. The van der Waals surface area contributed by atoms with Gasteiger partial charge in [0.05, 0.1) is 18.4 Å². The highest BCUT2D eigenvalue weighted by Gasteiger charge is 2.24. The minimum Gasteiger partial charge on any atom is -0.497 e. The fourth-order valence-electron chi connectivity index (χ4n) is 2.26. The monoisotopic (exact) mass is 276 g/mol. The first-order valence-corrected chi connectivity index (χ1v) is 7.51. The van der Waals surface area contributed by atoms with Crippen LogP contribution in [0, 0.1) is 11.3 Å². The number of methoxy groups -OCH3 is 1. The van der Waals surface area contributed by atoms with Gasteiger partial charge in [-0.05, 0) is 18.6 Å². The van der Waals surface area contributed by atoms with Gasteiger partial charge >= 0.3 is 0 Å².